The van der Waals surface area contributed by atoms with Gasteiger partial charge in [0, 0.05) is 27.3 Å². The molecule has 7 nitrogen and oxygen atoms in total. The van der Waals surface area contributed by atoms with Crippen molar-refractivity contribution in [3.05, 3.63) is 230 Å². The minimum atomic E-state index is 0.352. The Labute approximate surface area is 374 Å². The summed E-state index contributed by atoms with van der Waals surface area (Å²) in [6.45, 7) is 0.352. The van der Waals surface area contributed by atoms with Crippen molar-refractivity contribution in [1.82, 2.24) is 14.1 Å². The van der Waals surface area contributed by atoms with E-state index in [9.17, 15) is 0 Å². The highest BCUT2D eigenvalue weighted by Gasteiger charge is 2.25. The Hall–Kier alpha value is -8.81. The summed E-state index contributed by atoms with van der Waals surface area (Å²) in [4.78, 5) is 15.7. The Balaban J connectivity index is 1.16. The number of rotatable bonds is 7. The first kappa shape index (κ1) is 37.9. The molecule has 0 aliphatic heterocycles. The maximum atomic E-state index is 6.98. The van der Waals surface area contributed by atoms with Crippen LogP contribution in [0.5, 0.6) is 0 Å². The van der Waals surface area contributed by atoms with Gasteiger partial charge in [0.05, 0.1) is 39.7 Å². The maximum Gasteiger partial charge on any atom is 0.232 e. The Bertz CT molecular complexity index is 3790. The smallest absolute Gasteiger partial charge is 0.232 e. The summed E-state index contributed by atoms with van der Waals surface area (Å²) in [5.41, 5.74) is 20.7. The average Bonchev–Trinajstić information content (AvgIpc) is 4.07. The molecule has 0 unspecified atom stereocenters. The Morgan fingerprint density at radius 3 is 1.86 bits per heavy atom. The number of aromatic nitrogens is 3. The summed E-state index contributed by atoms with van der Waals surface area (Å²) in [7, 11) is 0. The van der Waals surface area contributed by atoms with Crippen molar-refractivity contribution >= 4 is 66.5 Å². The number of hydrogen-bond acceptors (Lipinski definition) is 3. The number of benzene rings is 9. The quantitative estimate of drug-likeness (QED) is 0.128. The molecular weight excluding hydrogens is 797 g/mol. The van der Waals surface area contributed by atoms with E-state index < -0.39 is 0 Å². The lowest BCUT2D eigenvalue weighted by atomic mass is 10.0. The maximum absolute atomic E-state index is 6.98. The van der Waals surface area contributed by atoms with E-state index in [2.05, 4.69) is 155 Å². The third kappa shape index (κ3) is 6.65. The van der Waals surface area contributed by atoms with E-state index in [0.717, 1.165) is 88.2 Å². The molecule has 12 rings (SSSR count). The van der Waals surface area contributed by atoms with Gasteiger partial charge in [-0.15, -0.1) is 0 Å². The van der Waals surface area contributed by atoms with Crippen LogP contribution in [0, 0.1) is 0 Å². The van der Waals surface area contributed by atoms with Gasteiger partial charge < -0.3 is 14.7 Å². The van der Waals surface area contributed by atoms with Gasteiger partial charge >= 0.3 is 0 Å². The highest BCUT2D eigenvalue weighted by atomic mass is 16.3. The average molecular weight is 837 g/mol. The molecule has 0 radical (unpaired) electrons. The van der Waals surface area contributed by atoms with Crippen molar-refractivity contribution in [2.24, 2.45) is 15.7 Å². The number of amidine groups is 1. The molecule has 3 aromatic heterocycles. The molecule has 9 aromatic carbocycles. The van der Waals surface area contributed by atoms with Gasteiger partial charge in [0.1, 0.15) is 11.4 Å². The second-order valence-electron chi connectivity index (χ2n) is 16.2. The molecule has 0 fully saturated rings. The Morgan fingerprint density at radius 2 is 1.11 bits per heavy atom. The molecule has 3 heterocycles. The molecule has 7 heteroatoms. The van der Waals surface area contributed by atoms with Gasteiger partial charge in [-0.1, -0.05) is 164 Å². The topological polar surface area (TPSA) is 86.6 Å². The van der Waals surface area contributed by atoms with Crippen molar-refractivity contribution in [2.45, 2.75) is 6.54 Å². The number of nitrogens with two attached hydrogens (primary N) is 1. The number of para-hydroxylation sites is 2. The summed E-state index contributed by atoms with van der Waals surface area (Å²) in [5.74, 6) is 1.35. The second kappa shape index (κ2) is 15.8. The minimum Gasteiger partial charge on any atom is -0.435 e. The van der Waals surface area contributed by atoms with Crippen LogP contribution in [-0.4, -0.2) is 25.9 Å². The van der Waals surface area contributed by atoms with E-state index in [4.69, 9.17) is 25.1 Å². The van der Waals surface area contributed by atoms with E-state index in [0.29, 0.717) is 29.8 Å². The zero-order chi connectivity index (χ0) is 43.3. The summed E-state index contributed by atoms with van der Waals surface area (Å²) in [5, 5.41) is 4.19. The molecule has 0 aliphatic rings. The van der Waals surface area contributed by atoms with Gasteiger partial charge in [0.25, 0.3) is 0 Å². The Morgan fingerprint density at radius 1 is 0.508 bits per heavy atom. The van der Waals surface area contributed by atoms with Crippen LogP contribution in [0.2, 0.25) is 0 Å². The largest absolute Gasteiger partial charge is 0.435 e. The van der Waals surface area contributed by atoms with Crippen LogP contribution in [0.1, 0.15) is 11.1 Å². The normalized spacial score (nSPS) is 12.3. The fourth-order valence-corrected chi connectivity index (χ4v) is 9.23. The summed E-state index contributed by atoms with van der Waals surface area (Å²) in [6.07, 6.45) is 0. The van der Waals surface area contributed by atoms with E-state index in [1.165, 1.54) is 5.56 Å². The Kier molecular flexibility index (Phi) is 9.23. The molecule has 65 heavy (non-hydrogen) atoms. The molecule has 0 saturated heterocycles. The van der Waals surface area contributed by atoms with Crippen LogP contribution in [0.4, 0.5) is 0 Å². The van der Waals surface area contributed by atoms with Crippen molar-refractivity contribution < 1.29 is 4.42 Å². The molecule has 0 aliphatic carbocycles. The molecule has 2 N–H and O–H groups in total. The van der Waals surface area contributed by atoms with Crippen molar-refractivity contribution in [2.75, 3.05) is 0 Å². The van der Waals surface area contributed by atoms with Gasteiger partial charge in [-0.2, -0.15) is 4.99 Å². The molecule has 0 bridgehead atoms. The van der Waals surface area contributed by atoms with Crippen molar-refractivity contribution in [3.63, 3.8) is 0 Å². The highest BCUT2D eigenvalue weighted by Crippen LogP contribution is 2.42. The SMILES string of the molecule is N/C(=N\C(=NCc1cccc(-c2ccccc2)c1)n1c2ccc3nc(-c4ccccc4)oc3c2c2cccc(-n3c4ccccc4c4cc(-c5ccccc5)ccc43)c21)c1ccccc1. The van der Waals surface area contributed by atoms with E-state index in [1.807, 2.05) is 72.8 Å². The number of oxazole rings is 1. The summed E-state index contributed by atoms with van der Waals surface area (Å²) >= 11 is 0. The van der Waals surface area contributed by atoms with Gasteiger partial charge in [0.15, 0.2) is 5.58 Å². The predicted molar refractivity (Wildman–Crippen MR) is 268 cm³/mol. The van der Waals surface area contributed by atoms with Crippen molar-refractivity contribution in [1.29, 1.82) is 0 Å². The summed E-state index contributed by atoms with van der Waals surface area (Å²) < 4.78 is 11.3. The third-order valence-corrected chi connectivity index (χ3v) is 12.3. The number of nitrogens with zero attached hydrogens (tertiary/aromatic N) is 5. The molecule has 0 amide bonds. The molecule has 12 aromatic rings. The van der Waals surface area contributed by atoms with Crippen molar-refractivity contribution in [3.8, 4) is 39.4 Å². The van der Waals surface area contributed by atoms with Crippen LogP contribution in [-0.2, 0) is 6.54 Å². The fraction of sp³-hybridized carbons (Fsp3) is 0.0172. The lowest BCUT2D eigenvalue weighted by Gasteiger charge is -2.15. The van der Waals surface area contributed by atoms with Crippen LogP contribution in [0.25, 0.3) is 94.1 Å². The predicted octanol–water partition coefficient (Wildman–Crippen LogP) is 13.8. The first-order valence-electron chi connectivity index (χ1n) is 21.8. The van der Waals surface area contributed by atoms with E-state index >= 15 is 0 Å². The molecule has 0 atom stereocenters. The summed E-state index contributed by atoms with van der Waals surface area (Å²) in [6, 6.07) is 75.4. The van der Waals surface area contributed by atoms with Gasteiger partial charge in [-0.05, 0) is 82.4 Å². The molecular formula is C58H40N6O. The van der Waals surface area contributed by atoms with Gasteiger partial charge in [0.2, 0.25) is 11.9 Å². The standard InChI is InChI=1S/C58H40N6O/c59-56(41-22-9-3-10-23-41)62-58(60-37-38-17-15-26-43(35-38)39-18-5-1-6-19-39)64-51-34-32-48-55(65-57(61-48)42-24-11-4-12-25-42)53(51)46-28-16-30-52(54(46)64)63-49-29-14-13-27-45(49)47-36-44(31-33-50(47)63)40-20-7-2-8-21-40/h1-36H,37H2,(H2,59,60,62). The van der Waals surface area contributed by atoms with Crippen LogP contribution < -0.4 is 5.73 Å². The highest BCUT2D eigenvalue weighted by molar-refractivity contribution is 6.25. The lowest BCUT2D eigenvalue weighted by molar-refractivity contribution is 0.623. The zero-order valence-corrected chi connectivity index (χ0v) is 35.2. The molecule has 0 saturated carbocycles. The monoisotopic (exact) mass is 836 g/mol. The van der Waals surface area contributed by atoms with Gasteiger partial charge in [-0.25, -0.2) is 9.98 Å². The number of fused-ring (bicyclic) bond motifs is 8. The fourth-order valence-electron chi connectivity index (χ4n) is 9.23. The van der Waals surface area contributed by atoms with Crippen LogP contribution in [0.15, 0.2) is 233 Å². The number of aliphatic imine (C=N–C) groups is 2. The first-order valence-corrected chi connectivity index (χ1v) is 21.8. The third-order valence-electron chi connectivity index (χ3n) is 12.3. The van der Waals surface area contributed by atoms with E-state index in [1.54, 1.807) is 0 Å². The lowest BCUT2D eigenvalue weighted by Crippen LogP contribution is -2.20. The van der Waals surface area contributed by atoms with E-state index in [-0.39, 0.29) is 0 Å². The minimum absolute atomic E-state index is 0.352. The van der Waals surface area contributed by atoms with Gasteiger partial charge in [-0.3, -0.25) is 4.57 Å². The second-order valence-corrected chi connectivity index (χ2v) is 16.2. The van der Waals surface area contributed by atoms with Crippen LogP contribution >= 0.6 is 0 Å². The van der Waals surface area contributed by atoms with Crippen LogP contribution in [0.3, 0.4) is 0 Å². The number of hydrogen-bond donors (Lipinski definition) is 1. The molecule has 308 valence electrons. The first-order chi connectivity index (χ1) is 32.2. The molecule has 0 spiro atoms. The zero-order valence-electron chi connectivity index (χ0n) is 35.2.